The molecule has 2 aromatic heterocycles. The van der Waals surface area contributed by atoms with Gasteiger partial charge in [-0.05, 0) is 31.0 Å². The number of carbonyl (C=O) groups is 1. The number of nitrogens with zero attached hydrogens (tertiary/aromatic N) is 5. The molecule has 1 saturated heterocycles. The number of hydrogen-bond donors (Lipinski definition) is 1. The molecule has 5 rings (SSSR count). The van der Waals surface area contributed by atoms with E-state index in [2.05, 4.69) is 25.5 Å². The first-order chi connectivity index (χ1) is 17.8. The van der Waals surface area contributed by atoms with Crippen molar-refractivity contribution in [1.82, 2.24) is 25.3 Å². The van der Waals surface area contributed by atoms with Crippen LogP contribution >= 0.6 is 12.4 Å². The van der Waals surface area contributed by atoms with Crippen molar-refractivity contribution in [3.05, 3.63) is 71.4 Å². The molecule has 7 nitrogen and oxygen atoms in total. The zero-order chi connectivity index (χ0) is 26.2. The molecular weight excluding hydrogens is 524 g/mol. The number of hydrogen-bond acceptors (Lipinski definition) is 5. The van der Waals surface area contributed by atoms with Crippen molar-refractivity contribution in [2.75, 3.05) is 18.0 Å². The van der Waals surface area contributed by atoms with Gasteiger partial charge in [0.2, 0.25) is 0 Å². The Hall–Kier alpha value is -3.73. The Balaban J connectivity index is 0.00000336. The minimum atomic E-state index is -4.74. The molecule has 1 aliphatic rings. The third-order valence-electron chi connectivity index (χ3n) is 6.72. The topological polar surface area (TPSA) is 75.9 Å². The highest BCUT2D eigenvalue weighted by atomic mass is 35.5. The summed E-state index contributed by atoms with van der Waals surface area (Å²) in [4.78, 5) is 14.9. The lowest BCUT2D eigenvalue weighted by Gasteiger charge is -2.33. The van der Waals surface area contributed by atoms with Crippen LogP contribution in [-0.4, -0.2) is 45.0 Å². The van der Waals surface area contributed by atoms with Crippen molar-refractivity contribution in [3.8, 4) is 11.4 Å². The van der Waals surface area contributed by atoms with Crippen LogP contribution in [-0.2, 0) is 19.9 Å². The number of nitrogens with one attached hydrogen (secondary N) is 1. The lowest BCUT2D eigenvalue weighted by atomic mass is 9.99. The molecule has 0 aliphatic carbocycles. The Bertz CT molecular complexity index is 1450. The molecule has 1 fully saturated rings. The molecule has 3 heterocycles. The van der Waals surface area contributed by atoms with Crippen LogP contribution in [0.15, 0.2) is 54.7 Å². The summed E-state index contributed by atoms with van der Waals surface area (Å²) in [5, 5.41) is 17.9. The summed E-state index contributed by atoms with van der Waals surface area (Å²) < 4.78 is 55.0. The van der Waals surface area contributed by atoms with Crippen molar-refractivity contribution >= 4 is 34.9 Å². The maximum atomic E-state index is 13.5. The van der Waals surface area contributed by atoms with Gasteiger partial charge in [-0.25, -0.2) is 4.39 Å². The van der Waals surface area contributed by atoms with Crippen molar-refractivity contribution in [3.63, 3.8) is 0 Å². The number of fused-ring (bicyclic) bond motifs is 1. The van der Waals surface area contributed by atoms with Crippen LogP contribution in [0.4, 0.5) is 23.4 Å². The normalized spacial score (nSPS) is 14.4. The summed E-state index contributed by atoms with van der Waals surface area (Å²) in [6, 6.07) is 12.6. The number of halogens is 5. The van der Waals surface area contributed by atoms with E-state index in [9.17, 15) is 22.4 Å². The molecule has 1 N–H and O–H groups in total. The lowest BCUT2D eigenvalue weighted by molar-refractivity contribution is -0.138. The summed E-state index contributed by atoms with van der Waals surface area (Å²) in [6.45, 7) is -0.252. The largest absolute Gasteiger partial charge is 0.416 e. The van der Waals surface area contributed by atoms with Crippen LogP contribution in [0.25, 0.3) is 22.2 Å². The van der Waals surface area contributed by atoms with Gasteiger partial charge in [-0.1, -0.05) is 30.3 Å². The van der Waals surface area contributed by atoms with E-state index in [1.54, 1.807) is 10.9 Å². The number of aromatic nitrogens is 4. The third kappa shape index (κ3) is 5.15. The summed E-state index contributed by atoms with van der Waals surface area (Å²) in [7, 11) is 1.84. The van der Waals surface area contributed by atoms with E-state index < -0.39 is 29.9 Å². The average molecular weight is 549 g/mol. The molecule has 0 bridgehead atoms. The van der Waals surface area contributed by atoms with Crippen LogP contribution in [0.5, 0.6) is 0 Å². The molecule has 12 heteroatoms. The van der Waals surface area contributed by atoms with E-state index in [0.29, 0.717) is 25.9 Å². The first kappa shape index (κ1) is 27.3. The number of carbonyl (C=O) groups excluding carboxylic acids is 1. The summed E-state index contributed by atoms with van der Waals surface area (Å²) in [5.74, 6) is 0.0202. The van der Waals surface area contributed by atoms with Crippen LogP contribution in [0, 0.1) is 0 Å². The highest BCUT2D eigenvalue weighted by Gasteiger charge is 2.35. The number of alkyl halides is 4. The number of aryl methyl sites for hydroxylation is 1. The fourth-order valence-corrected chi connectivity index (χ4v) is 4.83. The van der Waals surface area contributed by atoms with E-state index in [0.717, 1.165) is 40.1 Å². The van der Waals surface area contributed by atoms with Gasteiger partial charge in [-0.15, -0.1) is 22.6 Å². The van der Waals surface area contributed by atoms with E-state index in [-0.39, 0.29) is 24.0 Å². The Morgan fingerprint density at radius 3 is 2.37 bits per heavy atom. The van der Waals surface area contributed by atoms with Gasteiger partial charge in [0.15, 0.2) is 5.82 Å². The second kappa shape index (κ2) is 10.9. The molecule has 200 valence electrons. The number of benzene rings is 2. The lowest BCUT2D eigenvalue weighted by Crippen LogP contribution is -2.45. The maximum Gasteiger partial charge on any atom is 0.416 e. The number of piperidine rings is 1. The molecule has 2 aromatic carbocycles. The van der Waals surface area contributed by atoms with Gasteiger partial charge in [0.25, 0.3) is 5.91 Å². The SMILES string of the molecule is Cl.Cn1nccc1-c1nnc(N2CCC(NC(=O)c3cccc(C(F)(F)F)c3CF)CC2)c2ccccc12. The summed E-state index contributed by atoms with van der Waals surface area (Å²) in [5.41, 5.74) is -0.481. The minimum absolute atomic E-state index is 0. The molecule has 0 spiro atoms. The number of anilines is 1. The molecule has 38 heavy (non-hydrogen) atoms. The quantitative estimate of drug-likeness (QED) is 0.341. The number of rotatable bonds is 5. The van der Waals surface area contributed by atoms with Gasteiger partial charge >= 0.3 is 6.18 Å². The molecule has 4 aromatic rings. The van der Waals surface area contributed by atoms with Crippen LogP contribution < -0.4 is 10.2 Å². The monoisotopic (exact) mass is 548 g/mol. The fourth-order valence-electron chi connectivity index (χ4n) is 4.83. The Morgan fingerprint density at radius 1 is 1.03 bits per heavy atom. The van der Waals surface area contributed by atoms with Gasteiger partial charge in [-0.2, -0.15) is 18.3 Å². The Morgan fingerprint density at radius 2 is 1.74 bits per heavy atom. The van der Waals surface area contributed by atoms with Crippen molar-refractivity contribution < 1.29 is 22.4 Å². The second-order valence-electron chi connectivity index (χ2n) is 8.96. The minimum Gasteiger partial charge on any atom is -0.354 e. The average Bonchev–Trinajstić information content (AvgIpc) is 3.33. The van der Waals surface area contributed by atoms with Crippen molar-refractivity contribution in [2.24, 2.45) is 7.05 Å². The zero-order valence-electron chi connectivity index (χ0n) is 20.4. The molecule has 0 radical (unpaired) electrons. The fraction of sp³-hybridized carbons (Fsp3) is 0.308. The molecular formula is C26H25ClF4N6O. The Labute approximate surface area is 222 Å². The molecule has 1 aliphatic heterocycles. The van der Waals surface area contributed by atoms with Crippen LogP contribution in [0.3, 0.4) is 0 Å². The molecule has 0 unspecified atom stereocenters. The van der Waals surface area contributed by atoms with E-state index in [1.165, 1.54) is 6.07 Å². The third-order valence-corrected chi connectivity index (χ3v) is 6.72. The predicted molar refractivity (Wildman–Crippen MR) is 138 cm³/mol. The number of amides is 1. The predicted octanol–water partition coefficient (Wildman–Crippen LogP) is 5.34. The maximum absolute atomic E-state index is 13.5. The summed E-state index contributed by atoms with van der Waals surface area (Å²) in [6.07, 6.45) is -1.93. The van der Waals surface area contributed by atoms with Crippen molar-refractivity contribution in [1.29, 1.82) is 0 Å². The molecule has 1 amide bonds. The van der Waals surface area contributed by atoms with Crippen molar-refractivity contribution in [2.45, 2.75) is 31.7 Å². The first-order valence-electron chi connectivity index (χ1n) is 11.8. The summed E-state index contributed by atoms with van der Waals surface area (Å²) >= 11 is 0. The Kier molecular flexibility index (Phi) is 7.86. The standard InChI is InChI=1S/C26H24F4N6O.ClH/c1-35-22(9-12-31-35)23-17-5-2-3-6-18(17)24(34-33-23)36-13-10-16(11-14-36)32-25(37)19-7-4-8-21(20(19)15-27)26(28,29)30;/h2-9,12,16H,10-11,13-15H2,1H3,(H,32,37);1H. The van der Waals surface area contributed by atoms with Crippen LogP contribution in [0.2, 0.25) is 0 Å². The second-order valence-corrected chi connectivity index (χ2v) is 8.96. The molecule has 0 saturated carbocycles. The van der Waals surface area contributed by atoms with Gasteiger partial charge in [0.05, 0.1) is 11.3 Å². The van der Waals surface area contributed by atoms with E-state index >= 15 is 0 Å². The van der Waals surface area contributed by atoms with Gasteiger partial charge in [0.1, 0.15) is 12.4 Å². The van der Waals surface area contributed by atoms with Gasteiger partial charge < -0.3 is 10.2 Å². The van der Waals surface area contributed by atoms with E-state index in [1.807, 2.05) is 37.4 Å². The van der Waals surface area contributed by atoms with Gasteiger partial charge in [0, 0.05) is 54.3 Å². The molecule has 0 atom stereocenters. The van der Waals surface area contributed by atoms with E-state index in [4.69, 9.17) is 0 Å². The zero-order valence-corrected chi connectivity index (χ0v) is 21.2. The van der Waals surface area contributed by atoms with Gasteiger partial charge in [-0.3, -0.25) is 9.48 Å². The first-order valence-corrected chi connectivity index (χ1v) is 11.8. The highest BCUT2D eigenvalue weighted by molar-refractivity contribution is 6.00. The van der Waals surface area contributed by atoms with Crippen LogP contribution in [0.1, 0.15) is 34.3 Å². The smallest absolute Gasteiger partial charge is 0.354 e. The highest BCUT2D eigenvalue weighted by Crippen LogP contribution is 2.35.